The Morgan fingerprint density at radius 1 is 1.21 bits per heavy atom. The van der Waals surface area contributed by atoms with Crippen molar-refractivity contribution in [1.82, 2.24) is 5.32 Å². The molecule has 0 aliphatic heterocycles. The molecular formula is C15H20Cl2FN. The lowest BCUT2D eigenvalue weighted by Gasteiger charge is -2.26. The molecular weight excluding hydrogens is 284 g/mol. The molecule has 1 nitrogen and oxygen atoms in total. The Balaban J connectivity index is 2.11. The minimum absolute atomic E-state index is 0.0497. The normalized spacial score (nSPS) is 19.6. The Labute approximate surface area is 124 Å². The van der Waals surface area contributed by atoms with Gasteiger partial charge >= 0.3 is 0 Å². The van der Waals surface area contributed by atoms with Crippen LogP contribution in [-0.2, 0) is 0 Å². The van der Waals surface area contributed by atoms with Crippen molar-refractivity contribution in [1.29, 1.82) is 0 Å². The molecule has 106 valence electrons. The van der Waals surface area contributed by atoms with Crippen LogP contribution in [0.25, 0.3) is 0 Å². The second kappa shape index (κ2) is 6.43. The first kappa shape index (κ1) is 15.1. The van der Waals surface area contributed by atoms with Gasteiger partial charge < -0.3 is 5.32 Å². The van der Waals surface area contributed by atoms with E-state index in [1.165, 1.54) is 31.7 Å². The monoisotopic (exact) mass is 303 g/mol. The Kier molecular flexibility index (Phi) is 5.10. The Morgan fingerprint density at radius 2 is 1.84 bits per heavy atom. The van der Waals surface area contributed by atoms with E-state index < -0.39 is 5.82 Å². The van der Waals surface area contributed by atoms with Gasteiger partial charge in [0.2, 0.25) is 0 Å². The molecule has 1 unspecified atom stereocenters. The zero-order valence-corrected chi connectivity index (χ0v) is 12.9. The highest BCUT2D eigenvalue weighted by molar-refractivity contribution is 6.36. The molecule has 2 atom stereocenters. The third-order valence-corrected chi connectivity index (χ3v) is 4.85. The Hall–Kier alpha value is -0.310. The van der Waals surface area contributed by atoms with Crippen molar-refractivity contribution in [3.05, 3.63) is 33.6 Å². The predicted octanol–water partition coefficient (Wildman–Crippen LogP) is 5.36. The number of halogens is 3. The van der Waals surface area contributed by atoms with Crippen LogP contribution in [0.2, 0.25) is 10.0 Å². The lowest BCUT2D eigenvalue weighted by Crippen LogP contribution is -2.34. The van der Waals surface area contributed by atoms with E-state index in [1.54, 1.807) is 6.07 Å². The van der Waals surface area contributed by atoms with E-state index in [0.29, 0.717) is 22.5 Å². The highest BCUT2D eigenvalue weighted by Gasteiger charge is 2.24. The first-order chi connectivity index (χ1) is 9.00. The smallest absolute Gasteiger partial charge is 0.142 e. The fraction of sp³-hybridized carbons (Fsp3) is 0.600. The first-order valence-electron chi connectivity index (χ1n) is 6.90. The highest BCUT2D eigenvalue weighted by Crippen LogP contribution is 2.34. The minimum Gasteiger partial charge on any atom is -0.307 e. The van der Waals surface area contributed by atoms with Gasteiger partial charge in [-0.25, -0.2) is 4.39 Å². The van der Waals surface area contributed by atoms with Gasteiger partial charge in [-0.05, 0) is 44.7 Å². The fourth-order valence-corrected chi connectivity index (χ4v) is 3.71. The quantitative estimate of drug-likeness (QED) is 0.738. The van der Waals surface area contributed by atoms with Crippen molar-refractivity contribution >= 4 is 23.2 Å². The molecule has 1 N–H and O–H groups in total. The molecule has 1 fully saturated rings. The molecule has 0 spiro atoms. The SMILES string of the molecule is CC(N[C@@H](C)C1CCCC1)c1c(Cl)ccc(F)c1Cl. The van der Waals surface area contributed by atoms with Gasteiger partial charge in [-0.15, -0.1) is 0 Å². The summed E-state index contributed by atoms with van der Waals surface area (Å²) in [5, 5.41) is 4.16. The zero-order valence-electron chi connectivity index (χ0n) is 11.3. The summed E-state index contributed by atoms with van der Waals surface area (Å²) in [4.78, 5) is 0. The van der Waals surface area contributed by atoms with E-state index in [9.17, 15) is 4.39 Å². The average Bonchev–Trinajstić information content (AvgIpc) is 2.88. The van der Waals surface area contributed by atoms with E-state index in [2.05, 4.69) is 12.2 Å². The molecule has 1 aromatic rings. The molecule has 2 rings (SSSR count). The Bertz CT molecular complexity index is 444. The highest BCUT2D eigenvalue weighted by atomic mass is 35.5. The molecule has 19 heavy (non-hydrogen) atoms. The third-order valence-electron chi connectivity index (χ3n) is 4.13. The van der Waals surface area contributed by atoms with Crippen LogP contribution in [0.5, 0.6) is 0 Å². The molecule has 4 heteroatoms. The lowest BCUT2D eigenvalue weighted by molar-refractivity contribution is 0.352. The summed E-state index contributed by atoms with van der Waals surface area (Å²) >= 11 is 12.2. The number of hydrogen-bond donors (Lipinski definition) is 1. The second-order valence-electron chi connectivity index (χ2n) is 5.48. The molecule has 1 saturated carbocycles. The largest absolute Gasteiger partial charge is 0.307 e. The fourth-order valence-electron chi connectivity index (χ4n) is 3.01. The van der Waals surface area contributed by atoms with E-state index in [1.807, 2.05) is 6.92 Å². The number of hydrogen-bond acceptors (Lipinski definition) is 1. The van der Waals surface area contributed by atoms with Crippen LogP contribution in [0.4, 0.5) is 4.39 Å². The summed E-state index contributed by atoms with van der Waals surface area (Å²) in [7, 11) is 0. The van der Waals surface area contributed by atoms with Crippen LogP contribution in [-0.4, -0.2) is 6.04 Å². The third kappa shape index (κ3) is 3.42. The summed E-state index contributed by atoms with van der Waals surface area (Å²) in [6, 6.07) is 3.22. The molecule has 1 aliphatic carbocycles. The van der Waals surface area contributed by atoms with Gasteiger partial charge in [0.05, 0.1) is 5.02 Å². The number of rotatable bonds is 4. The molecule has 0 saturated heterocycles. The van der Waals surface area contributed by atoms with Crippen molar-refractivity contribution in [3.63, 3.8) is 0 Å². The average molecular weight is 304 g/mol. The number of nitrogens with one attached hydrogen (secondary N) is 1. The van der Waals surface area contributed by atoms with E-state index in [4.69, 9.17) is 23.2 Å². The van der Waals surface area contributed by atoms with Gasteiger partial charge in [-0.1, -0.05) is 36.0 Å². The van der Waals surface area contributed by atoms with Gasteiger partial charge in [0, 0.05) is 22.7 Å². The maximum absolute atomic E-state index is 13.5. The standard InChI is InChI=1S/C15H20Cl2FN/c1-9(11-5-3-4-6-11)19-10(2)14-12(16)7-8-13(18)15(14)17/h7-11,19H,3-6H2,1-2H3/t9-,10?/m0/s1. The molecule has 0 radical (unpaired) electrons. The zero-order chi connectivity index (χ0) is 14.0. The van der Waals surface area contributed by atoms with Crippen molar-refractivity contribution in [3.8, 4) is 0 Å². The van der Waals surface area contributed by atoms with Crippen molar-refractivity contribution in [2.24, 2.45) is 5.92 Å². The second-order valence-corrected chi connectivity index (χ2v) is 6.26. The van der Waals surface area contributed by atoms with Crippen LogP contribution in [0, 0.1) is 11.7 Å². The summed E-state index contributed by atoms with van der Waals surface area (Å²) in [6.07, 6.45) is 5.16. The minimum atomic E-state index is -0.414. The van der Waals surface area contributed by atoms with E-state index in [0.717, 1.165) is 0 Å². The van der Waals surface area contributed by atoms with Gasteiger partial charge in [-0.3, -0.25) is 0 Å². The molecule has 0 bridgehead atoms. The van der Waals surface area contributed by atoms with Crippen molar-refractivity contribution < 1.29 is 4.39 Å². The van der Waals surface area contributed by atoms with Crippen LogP contribution in [0.1, 0.15) is 51.1 Å². The van der Waals surface area contributed by atoms with Crippen molar-refractivity contribution in [2.45, 2.75) is 51.6 Å². The molecule has 0 amide bonds. The predicted molar refractivity (Wildman–Crippen MR) is 79.4 cm³/mol. The van der Waals surface area contributed by atoms with Crippen LogP contribution >= 0.6 is 23.2 Å². The Morgan fingerprint density at radius 3 is 2.47 bits per heavy atom. The maximum Gasteiger partial charge on any atom is 0.142 e. The first-order valence-corrected chi connectivity index (χ1v) is 7.65. The van der Waals surface area contributed by atoms with Crippen LogP contribution in [0.3, 0.4) is 0 Å². The van der Waals surface area contributed by atoms with Crippen LogP contribution < -0.4 is 5.32 Å². The topological polar surface area (TPSA) is 12.0 Å². The van der Waals surface area contributed by atoms with E-state index in [-0.39, 0.29) is 11.1 Å². The molecule has 1 aliphatic rings. The van der Waals surface area contributed by atoms with Gasteiger partial charge in [0.1, 0.15) is 5.82 Å². The van der Waals surface area contributed by atoms with Gasteiger partial charge in [0.15, 0.2) is 0 Å². The van der Waals surface area contributed by atoms with E-state index >= 15 is 0 Å². The van der Waals surface area contributed by atoms with Crippen LogP contribution in [0.15, 0.2) is 12.1 Å². The lowest BCUT2D eigenvalue weighted by atomic mass is 9.97. The van der Waals surface area contributed by atoms with Gasteiger partial charge in [0.25, 0.3) is 0 Å². The van der Waals surface area contributed by atoms with Crippen molar-refractivity contribution in [2.75, 3.05) is 0 Å². The molecule has 0 aromatic heterocycles. The number of benzene rings is 1. The molecule has 1 aromatic carbocycles. The summed E-state index contributed by atoms with van der Waals surface area (Å²) < 4.78 is 13.5. The summed E-state index contributed by atoms with van der Waals surface area (Å²) in [6.45, 7) is 4.17. The molecule has 0 heterocycles. The maximum atomic E-state index is 13.5. The summed E-state index contributed by atoms with van der Waals surface area (Å²) in [5.74, 6) is 0.289. The summed E-state index contributed by atoms with van der Waals surface area (Å²) in [5.41, 5.74) is 0.660. The van der Waals surface area contributed by atoms with Gasteiger partial charge in [-0.2, -0.15) is 0 Å².